The molecule has 0 radical (unpaired) electrons. The van der Waals surface area contributed by atoms with Crippen LogP contribution in [0.1, 0.15) is 19.4 Å². The van der Waals surface area contributed by atoms with Crippen molar-refractivity contribution >= 4 is 28.1 Å². The van der Waals surface area contributed by atoms with Crippen molar-refractivity contribution < 1.29 is 14.5 Å². The highest BCUT2D eigenvalue weighted by Crippen LogP contribution is 2.21. The van der Waals surface area contributed by atoms with E-state index < -0.39 is 16.9 Å². The molecule has 3 aromatic carbocycles. The fourth-order valence-electron chi connectivity index (χ4n) is 2.64. The molecule has 7 nitrogen and oxygen atoms in total. The molecule has 1 amide bonds. The maximum atomic E-state index is 12.3. The van der Waals surface area contributed by atoms with Crippen LogP contribution >= 0.6 is 0 Å². The highest BCUT2D eigenvalue weighted by atomic mass is 16.6. The molecule has 0 spiro atoms. The van der Waals surface area contributed by atoms with E-state index in [0.29, 0.717) is 17.0 Å². The number of hydrogen-bond acceptors (Lipinski definition) is 5. The van der Waals surface area contributed by atoms with Crippen molar-refractivity contribution in [2.24, 2.45) is 5.10 Å². The lowest BCUT2D eigenvalue weighted by Crippen LogP contribution is -2.33. The van der Waals surface area contributed by atoms with E-state index in [9.17, 15) is 14.9 Å². The number of nitrogens with one attached hydrogen (secondary N) is 1. The molecule has 0 heterocycles. The van der Waals surface area contributed by atoms with Gasteiger partial charge in [-0.2, -0.15) is 5.10 Å². The van der Waals surface area contributed by atoms with E-state index in [1.807, 2.05) is 42.5 Å². The highest BCUT2D eigenvalue weighted by molar-refractivity contribution is 5.99. The van der Waals surface area contributed by atoms with E-state index in [-0.39, 0.29) is 5.69 Å². The van der Waals surface area contributed by atoms with Crippen molar-refractivity contribution in [3.63, 3.8) is 0 Å². The van der Waals surface area contributed by atoms with Crippen molar-refractivity contribution in [1.29, 1.82) is 0 Å². The number of nitrogens with zero attached hydrogens (tertiary/aromatic N) is 2. The normalized spacial score (nSPS) is 12.4. The van der Waals surface area contributed by atoms with E-state index in [1.54, 1.807) is 26.0 Å². The number of benzene rings is 3. The molecule has 0 unspecified atom stereocenters. The van der Waals surface area contributed by atoms with Gasteiger partial charge in [-0.05, 0) is 36.8 Å². The molecule has 0 aliphatic carbocycles. The molecule has 1 atom stereocenters. The average molecular weight is 377 g/mol. The van der Waals surface area contributed by atoms with Gasteiger partial charge in [-0.15, -0.1) is 0 Å². The van der Waals surface area contributed by atoms with Crippen LogP contribution in [-0.2, 0) is 4.79 Å². The number of hydrogen-bond donors (Lipinski definition) is 1. The zero-order valence-corrected chi connectivity index (χ0v) is 15.5. The topological polar surface area (TPSA) is 93.8 Å². The van der Waals surface area contributed by atoms with Crippen molar-refractivity contribution in [1.82, 2.24) is 5.43 Å². The number of hydrazone groups is 1. The number of carbonyl (C=O) groups is 1. The van der Waals surface area contributed by atoms with Gasteiger partial charge in [0.05, 0.1) is 10.6 Å². The fraction of sp³-hybridized carbons (Fsp3) is 0.143. The Morgan fingerprint density at radius 3 is 2.57 bits per heavy atom. The van der Waals surface area contributed by atoms with Gasteiger partial charge in [0.15, 0.2) is 6.10 Å². The van der Waals surface area contributed by atoms with Crippen molar-refractivity contribution in [3.05, 3.63) is 82.4 Å². The van der Waals surface area contributed by atoms with Crippen LogP contribution in [0.5, 0.6) is 5.75 Å². The van der Waals surface area contributed by atoms with E-state index >= 15 is 0 Å². The molecule has 0 fully saturated rings. The molecule has 28 heavy (non-hydrogen) atoms. The number of non-ortho nitro benzene ring substituents is 1. The summed E-state index contributed by atoms with van der Waals surface area (Å²) in [6.45, 7) is 3.29. The summed E-state index contributed by atoms with van der Waals surface area (Å²) in [6.07, 6.45) is -0.761. The van der Waals surface area contributed by atoms with Gasteiger partial charge in [0.2, 0.25) is 0 Å². The number of rotatable bonds is 6. The first-order valence-corrected chi connectivity index (χ1v) is 8.68. The zero-order chi connectivity index (χ0) is 20.1. The van der Waals surface area contributed by atoms with E-state index in [2.05, 4.69) is 10.5 Å². The first-order valence-electron chi connectivity index (χ1n) is 8.68. The summed E-state index contributed by atoms with van der Waals surface area (Å²) in [5, 5.41) is 17.0. The van der Waals surface area contributed by atoms with Crippen LogP contribution in [0.25, 0.3) is 10.8 Å². The molecular weight excluding hydrogens is 358 g/mol. The monoisotopic (exact) mass is 377 g/mol. The second-order valence-corrected chi connectivity index (χ2v) is 6.25. The summed E-state index contributed by atoms with van der Waals surface area (Å²) in [5.41, 5.74) is 3.41. The van der Waals surface area contributed by atoms with Crippen LogP contribution in [0, 0.1) is 10.1 Å². The minimum absolute atomic E-state index is 0.0358. The predicted octanol–water partition coefficient (Wildman–Crippen LogP) is 4.06. The minimum Gasteiger partial charge on any atom is -0.481 e. The van der Waals surface area contributed by atoms with Gasteiger partial charge in [0.1, 0.15) is 5.75 Å². The van der Waals surface area contributed by atoms with Crippen LogP contribution in [-0.4, -0.2) is 22.6 Å². The Bertz CT molecular complexity index is 1060. The Morgan fingerprint density at radius 1 is 1.07 bits per heavy atom. The Morgan fingerprint density at radius 2 is 1.82 bits per heavy atom. The van der Waals surface area contributed by atoms with Gasteiger partial charge < -0.3 is 4.74 Å². The molecule has 0 aliphatic heterocycles. The molecular formula is C21H19N3O4. The molecule has 142 valence electrons. The van der Waals surface area contributed by atoms with E-state index in [1.165, 1.54) is 12.1 Å². The number of fused-ring (bicyclic) bond motifs is 1. The van der Waals surface area contributed by atoms with Crippen molar-refractivity contribution in [2.75, 3.05) is 0 Å². The number of ether oxygens (including phenoxy) is 1. The summed E-state index contributed by atoms with van der Waals surface area (Å²) >= 11 is 0. The largest absolute Gasteiger partial charge is 0.481 e. The SMILES string of the molecule is C/C(=N\NC(=O)[C@@H](C)Oc1ccc2ccccc2c1)c1cccc([N+](=O)[O-])c1. The lowest BCUT2D eigenvalue weighted by Gasteiger charge is -2.14. The van der Waals surface area contributed by atoms with Gasteiger partial charge in [-0.3, -0.25) is 14.9 Å². The predicted molar refractivity (Wildman–Crippen MR) is 107 cm³/mol. The van der Waals surface area contributed by atoms with Crippen LogP contribution < -0.4 is 10.2 Å². The van der Waals surface area contributed by atoms with Crippen LogP contribution in [0.15, 0.2) is 71.8 Å². The minimum atomic E-state index is -0.761. The standard InChI is InChI=1S/C21H19N3O4/c1-14(17-8-5-9-19(12-17)24(26)27)22-23-21(25)15(2)28-20-11-10-16-6-3-4-7-18(16)13-20/h3-13,15H,1-2H3,(H,23,25)/b22-14+/t15-/m1/s1. The summed E-state index contributed by atoms with van der Waals surface area (Å²) < 4.78 is 5.70. The first kappa shape index (κ1) is 19.0. The average Bonchev–Trinajstić information content (AvgIpc) is 2.71. The Balaban J connectivity index is 1.65. The Hall–Kier alpha value is -3.74. The van der Waals surface area contributed by atoms with Crippen LogP contribution in [0.3, 0.4) is 0 Å². The lowest BCUT2D eigenvalue weighted by molar-refractivity contribution is -0.384. The zero-order valence-electron chi connectivity index (χ0n) is 15.5. The molecule has 3 aromatic rings. The molecule has 3 rings (SSSR count). The maximum Gasteiger partial charge on any atom is 0.280 e. The van der Waals surface area contributed by atoms with E-state index in [0.717, 1.165) is 10.8 Å². The molecule has 7 heteroatoms. The third kappa shape index (κ3) is 4.50. The van der Waals surface area contributed by atoms with Gasteiger partial charge >= 0.3 is 0 Å². The Labute approximate surface area is 161 Å². The van der Waals surface area contributed by atoms with Gasteiger partial charge in [-0.25, -0.2) is 5.43 Å². The third-order valence-corrected chi connectivity index (χ3v) is 4.21. The molecule has 1 N–H and O–H groups in total. The van der Waals surface area contributed by atoms with Crippen molar-refractivity contribution in [3.8, 4) is 5.75 Å². The number of nitro benzene ring substituents is 1. The van der Waals surface area contributed by atoms with Crippen molar-refractivity contribution in [2.45, 2.75) is 20.0 Å². The van der Waals surface area contributed by atoms with Crippen LogP contribution in [0.4, 0.5) is 5.69 Å². The third-order valence-electron chi connectivity index (χ3n) is 4.21. The number of nitro groups is 1. The van der Waals surface area contributed by atoms with E-state index in [4.69, 9.17) is 4.74 Å². The second kappa shape index (κ2) is 8.30. The summed E-state index contributed by atoms with van der Waals surface area (Å²) in [6, 6.07) is 19.5. The molecule has 0 bridgehead atoms. The molecule has 0 saturated carbocycles. The second-order valence-electron chi connectivity index (χ2n) is 6.25. The van der Waals surface area contributed by atoms with Crippen LogP contribution in [0.2, 0.25) is 0 Å². The number of carbonyl (C=O) groups excluding carboxylic acids is 1. The highest BCUT2D eigenvalue weighted by Gasteiger charge is 2.15. The lowest BCUT2D eigenvalue weighted by atomic mass is 10.1. The fourth-order valence-corrected chi connectivity index (χ4v) is 2.64. The molecule has 0 saturated heterocycles. The summed E-state index contributed by atoms with van der Waals surface area (Å²) in [7, 11) is 0. The molecule has 0 aliphatic rings. The molecule has 0 aromatic heterocycles. The number of amides is 1. The summed E-state index contributed by atoms with van der Waals surface area (Å²) in [4.78, 5) is 22.7. The van der Waals surface area contributed by atoms with Gasteiger partial charge in [0, 0.05) is 17.7 Å². The first-order chi connectivity index (χ1) is 13.4. The Kier molecular flexibility index (Phi) is 5.64. The smallest absolute Gasteiger partial charge is 0.280 e. The van der Waals surface area contributed by atoms with Gasteiger partial charge in [0.25, 0.3) is 11.6 Å². The maximum absolute atomic E-state index is 12.3. The quantitative estimate of drug-likeness (QED) is 0.398. The van der Waals surface area contributed by atoms with Gasteiger partial charge in [-0.1, -0.05) is 42.5 Å². The summed E-state index contributed by atoms with van der Waals surface area (Å²) in [5.74, 6) is 0.165.